The Bertz CT molecular complexity index is 1270. The number of carbonyl (C=O) groups is 1. The molecule has 0 radical (unpaired) electrons. The van der Waals surface area contributed by atoms with Gasteiger partial charge in [-0.15, -0.1) is 0 Å². The molecule has 3 rings (SSSR count). The molecule has 33 heavy (non-hydrogen) atoms. The number of aryl methyl sites for hydroxylation is 5. The smallest absolute Gasteiger partial charge is 0.264 e. The first-order valence-corrected chi connectivity index (χ1v) is 12.5. The van der Waals surface area contributed by atoms with Crippen LogP contribution in [0.15, 0.2) is 65.6 Å². The number of rotatable bonds is 7. The van der Waals surface area contributed by atoms with Crippen molar-refractivity contribution in [1.29, 1.82) is 0 Å². The van der Waals surface area contributed by atoms with Gasteiger partial charge in [-0.3, -0.25) is 9.10 Å². The minimum absolute atomic E-state index is 0.155. The molecule has 3 aromatic rings. The Hall–Kier alpha value is -3.12. The molecule has 0 aliphatic rings. The summed E-state index contributed by atoms with van der Waals surface area (Å²) in [6, 6.07) is 17.8. The van der Waals surface area contributed by atoms with Gasteiger partial charge in [0.2, 0.25) is 5.91 Å². The first-order chi connectivity index (χ1) is 15.5. The van der Waals surface area contributed by atoms with Gasteiger partial charge in [0.1, 0.15) is 6.54 Å². The number of benzene rings is 3. The summed E-state index contributed by atoms with van der Waals surface area (Å²) in [7, 11) is -3.94. The van der Waals surface area contributed by atoms with E-state index in [4.69, 9.17) is 0 Å². The van der Waals surface area contributed by atoms with Gasteiger partial charge in [0.05, 0.1) is 16.6 Å². The normalized spacial score (nSPS) is 12.3. The van der Waals surface area contributed by atoms with Gasteiger partial charge < -0.3 is 5.32 Å². The maximum Gasteiger partial charge on any atom is 0.264 e. The summed E-state index contributed by atoms with van der Waals surface area (Å²) in [4.78, 5) is 13.3. The molecule has 0 bridgehead atoms. The Morgan fingerprint density at radius 1 is 0.848 bits per heavy atom. The SMILES string of the molecule is Cc1ccc(S(=O)(=O)N(CC(=O)N[C@H](C)c2cc(C)c(C)cc2C)c2ccccc2C)cc1. The first-order valence-electron chi connectivity index (χ1n) is 11.0. The van der Waals surface area contributed by atoms with Crippen LogP contribution in [0.3, 0.4) is 0 Å². The van der Waals surface area contributed by atoms with Crippen LogP contribution in [0.4, 0.5) is 5.69 Å². The van der Waals surface area contributed by atoms with E-state index in [9.17, 15) is 13.2 Å². The van der Waals surface area contributed by atoms with E-state index in [1.807, 2.05) is 46.8 Å². The largest absolute Gasteiger partial charge is 0.348 e. The standard InChI is InChI=1S/C27H32N2O3S/c1-18-11-13-24(14-12-18)33(31,32)29(26-10-8-7-9-19(26)2)17-27(30)28-23(6)25-16-21(4)20(3)15-22(25)5/h7-16,23H,17H2,1-6H3,(H,28,30)/t23-/m1/s1. The van der Waals surface area contributed by atoms with E-state index in [0.717, 1.165) is 27.8 Å². The van der Waals surface area contributed by atoms with Gasteiger partial charge in [-0.2, -0.15) is 0 Å². The highest BCUT2D eigenvalue weighted by atomic mass is 32.2. The van der Waals surface area contributed by atoms with Crippen molar-refractivity contribution >= 4 is 21.6 Å². The van der Waals surface area contributed by atoms with Gasteiger partial charge in [-0.05, 0) is 87.6 Å². The van der Waals surface area contributed by atoms with Crippen molar-refractivity contribution in [2.75, 3.05) is 10.8 Å². The van der Waals surface area contributed by atoms with Crippen LogP contribution < -0.4 is 9.62 Å². The van der Waals surface area contributed by atoms with Gasteiger partial charge in [0.25, 0.3) is 10.0 Å². The zero-order chi connectivity index (χ0) is 24.3. The van der Waals surface area contributed by atoms with Gasteiger partial charge in [0, 0.05) is 0 Å². The predicted molar refractivity (Wildman–Crippen MR) is 134 cm³/mol. The number of para-hydroxylation sites is 1. The summed E-state index contributed by atoms with van der Waals surface area (Å²) >= 11 is 0. The van der Waals surface area contributed by atoms with E-state index < -0.39 is 10.0 Å². The minimum Gasteiger partial charge on any atom is -0.348 e. The molecule has 0 saturated heterocycles. The van der Waals surface area contributed by atoms with E-state index in [0.29, 0.717) is 5.69 Å². The lowest BCUT2D eigenvalue weighted by Crippen LogP contribution is -2.42. The van der Waals surface area contributed by atoms with Crippen molar-refractivity contribution in [3.63, 3.8) is 0 Å². The van der Waals surface area contributed by atoms with E-state index in [2.05, 4.69) is 24.4 Å². The molecule has 1 amide bonds. The summed E-state index contributed by atoms with van der Waals surface area (Å²) in [6.45, 7) is 11.5. The fourth-order valence-electron chi connectivity index (χ4n) is 3.93. The zero-order valence-electron chi connectivity index (χ0n) is 20.1. The molecule has 0 saturated carbocycles. The summed E-state index contributed by atoms with van der Waals surface area (Å²) in [5.74, 6) is -0.362. The number of carbonyl (C=O) groups excluding carboxylic acids is 1. The highest BCUT2D eigenvalue weighted by Gasteiger charge is 2.28. The highest BCUT2D eigenvalue weighted by molar-refractivity contribution is 7.92. The molecule has 0 unspecified atom stereocenters. The Labute approximate surface area is 197 Å². The summed E-state index contributed by atoms with van der Waals surface area (Å²) in [5.41, 5.74) is 6.70. The Balaban J connectivity index is 1.92. The molecular formula is C27H32N2O3S. The monoisotopic (exact) mass is 464 g/mol. The average molecular weight is 465 g/mol. The summed E-state index contributed by atoms with van der Waals surface area (Å²) in [5, 5.41) is 2.99. The highest BCUT2D eigenvalue weighted by Crippen LogP contribution is 2.27. The Morgan fingerprint density at radius 3 is 2.09 bits per heavy atom. The lowest BCUT2D eigenvalue weighted by molar-refractivity contribution is -0.120. The van der Waals surface area contributed by atoms with Crippen LogP contribution in [-0.2, 0) is 14.8 Å². The van der Waals surface area contributed by atoms with Crippen molar-refractivity contribution in [2.45, 2.75) is 52.5 Å². The first kappa shape index (κ1) is 24.5. The second kappa shape index (κ2) is 9.79. The zero-order valence-corrected chi connectivity index (χ0v) is 21.0. The van der Waals surface area contributed by atoms with E-state index >= 15 is 0 Å². The molecule has 3 aromatic carbocycles. The number of nitrogens with zero attached hydrogens (tertiary/aromatic N) is 1. The van der Waals surface area contributed by atoms with Crippen LogP contribution in [0.25, 0.3) is 0 Å². The molecule has 1 N–H and O–H groups in total. The van der Waals surface area contributed by atoms with Crippen molar-refractivity contribution in [3.05, 3.63) is 94.0 Å². The van der Waals surface area contributed by atoms with Crippen LogP contribution in [0.5, 0.6) is 0 Å². The maximum absolute atomic E-state index is 13.6. The van der Waals surface area contributed by atoms with Gasteiger partial charge in [-0.1, -0.05) is 48.0 Å². The third kappa shape index (κ3) is 5.45. The van der Waals surface area contributed by atoms with E-state index in [-0.39, 0.29) is 23.4 Å². The van der Waals surface area contributed by atoms with Crippen LogP contribution in [0.2, 0.25) is 0 Å². The number of amides is 1. The Kier molecular flexibility index (Phi) is 7.28. The molecule has 0 fully saturated rings. The van der Waals surface area contributed by atoms with Crippen molar-refractivity contribution in [1.82, 2.24) is 5.32 Å². The summed E-state index contributed by atoms with van der Waals surface area (Å²) in [6.07, 6.45) is 0. The molecular weight excluding hydrogens is 432 g/mol. The molecule has 6 heteroatoms. The van der Waals surface area contributed by atoms with Crippen molar-refractivity contribution in [2.24, 2.45) is 0 Å². The predicted octanol–water partition coefficient (Wildman–Crippen LogP) is 5.30. The lowest BCUT2D eigenvalue weighted by atomic mass is 9.96. The third-order valence-corrected chi connectivity index (χ3v) is 7.78. The number of nitrogens with one attached hydrogen (secondary N) is 1. The molecule has 0 aromatic heterocycles. The van der Waals surface area contributed by atoms with Crippen LogP contribution in [0.1, 0.15) is 46.3 Å². The van der Waals surface area contributed by atoms with Crippen LogP contribution >= 0.6 is 0 Å². The fraction of sp³-hybridized carbons (Fsp3) is 0.296. The topological polar surface area (TPSA) is 66.5 Å². The van der Waals surface area contributed by atoms with Gasteiger partial charge >= 0.3 is 0 Å². The second-order valence-electron chi connectivity index (χ2n) is 8.69. The molecule has 1 atom stereocenters. The number of hydrogen-bond donors (Lipinski definition) is 1. The molecule has 174 valence electrons. The third-order valence-electron chi connectivity index (χ3n) is 6.01. The molecule has 0 heterocycles. The summed E-state index contributed by atoms with van der Waals surface area (Å²) < 4.78 is 28.3. The molecule has 0 spiro atoms. The van der Waals surface area contributed by atoms with Crippen molar-refractivity contribution in [3.8, 4) is 0 Å². The van der Waals surface area contributed by atoms with Gasteiger partial charge in [0.15, 0.2) is 0 Å². The van der Waals surface area contributed by atoms with Crippen LogP contribution in [0, 0.1) is 34.6 Å². The van der Waals surface area contributed by atoms with Gasteiger partial charge in [-0.25, -0.2) is 8.42 Å². The van der Waals surface area contributed by atoms with Crippen LogP contribution in [-0.4, -0.2) is 20.9 Å². The molecule has 5 nitrogen and oxygen atoms in total. The molecule has 0 aliphatic heterocycles. The quantitative estimate of drug-likeness (QED) is 0.516. The lowest BCUT2D eigenvalue weighted by Gasteiger charge is -2.27. The molecule has 0 aliphatic carbocycles. The minimum atomic E-state index is -3.94. The number of hydrogen-bond acceptors (Lipinski definition) is 3. The van der Waals surface area contributed by atoms with E-state index in [1.165, 1.54) is 9.87 Å². The second-order valence-corrected chi connectivity index (χ2v) is 10.6. The van der Waals surface area contributed by atoms with E-state index in [1.54, 1.807) is 36.4 Å². The number of anilines is 1. The fourth-order valence-corrected chi connectivity index (χ4v) is 5.41. The number of sulfonamides is 1. The van der Waals surface area contributed by atoms with Crippen molar-refractivity contribution < 1.29 is 13.2 Å². The Morgan fingerprint density at radius 2 is 1.45 bits per heavy atom. The average Bonchev–Trinajstić information content (AvgIpc) is 2.75. The maximum atomic E-state index is 13.6.